The Labute approximate surface area is 93.0 Å². The van der Waals surface area contributed by atoms with Gasteiger partial charge in [0.25, 0.3) is 0 Å². The summed E-state index contributed by atoms with van der Waals surface area (Å²) in [6, 6.07) is -1.74. The van der Waals surface area contributed by atoms with Gasteiger partial charge in [0, 0.05) is 20.2 Å². The highest BCUT2D eigenvalue weighted by atomic mass is 16.5. The fraction of sp³-hybridized carbons (Fsp3) is 0.778. The Morgan fingerprint density at radius 1 is 1.62 bits per heavy atom. The third-order valence-electron chi connectivity index (χ3n) is 2.54. The zero-order valence-corrected chi connectivity index (χ0v) is 9.05. The van der Waals surface area contributed by atoms with Gasteiger partial charge in [-0.15, -0.1) is 0 Å². The van der Waals surface area contributed by atoms with Crippen molar-refractivity contribution in [1.82, 2.24) is 10.2 Å². The predicted molar refractivity (Wildman–Crippen MR) is 54.0 cm³/mol. The molecule has 0 aromatic carbocycles. The molecule has 1 unspecified atom stereocenters. The molecule has 0 aromatic rings. The van der Waals surface area contributed by atoms with E-state index in [1.165, 1.54) is 4.90 Å². The Bertz CT molecular complexity index is 271. The van der Waals surface area contributed by atoms with Crippen LogP contribution in [0.15, 0.2) is 0 Å². The van der Waals surface area contributed by atoms with Gasteiger partial charge in [0.1, 0.15) is 0 Å². The van der Waals surface area contributed by atoms with Crippen molar-refractivity contribution in [2.75, 3.05) is 26.8 Å². The van der Waals surface area contributed by atoms with Gasteiger partial charge < -0.3 is 25.2 Å². The molecule has 2 atom stereocenters. The lowest BCUT2D eigenvalue weighted by molar-refractivity contribution is -0.140. The molecule has 1 rings (SSSR count). The number of likely N-dealkylation sites (tertiary alicyclic amines) is 1. The molecule has 1 heterocycles. The van der Waals surface area contributed by atoms with Crippen LogP contribution >= 0.6 is 0 Å². The van der Waals surface area contributed by atoms with Crippen LogP contribution in [0.5, 0.6) is 0 Å². The number of hydrogen-bond acceptors (Lipinski definition) is 4. The van der Waals surface area contributed by atoms with Crippen molar-refractivity contribution in [2.24, 2.45) is 0 Å². The summed E-state index contributed by atoms with van der Waals surface area (Å²) in [5.41, 5.74) is 0. The molecule has 7 heteroatoms. The number of nitrogens with one attached hydrogen (secondary N) is 1. The predicted octanol–water partition coefficient (Wildman–Crippen LogP) is -1.14. The number of ether oxygens (including phenoxy) is 1. The van der Waals surface area contributed by atoms with E-state index in [9.17, 15) is 9.59 Å². The minimum atomic E-state index is -1.26. The molecule has 1 aliphatic heterocycles. The molecule has 0 spiro atoms. The Kier molecular flexibility index (Phi) is 4.51. The molecule has 0 saturated carbocycles. The van der Waals surface area contributed by atoms with E-state index < -0.39 is 24.6 Å². The third-order valence-corrected chi connectivity index (χ3v) is 2.54. The van der Waals surface area contributed by atoms with Gasteiger partial charge in [0.15, 0.2) is 6.04 Å². The topological polar surface area (TPSA) is 99.1 Å². The van der Waals surface area contributed by atoms with Crippen LogP contribution in [0, 0.1) is 0 Å². The number of carboxylic acid groups (broad SMARTS) is 1. The van der Waals surface area contributed by atoms with Gasteiger partial charge in [-0.25, -0.2) is 9.59 Å². The van der Waals surface area contributed by atoms with E-state index in [0.717, 1.165) is 6.42 Å². The van der Waals surface area contributed by atoms with E-state index in [0.29, 0.717) is 13.1 Å². The summed E-state index contributed by atoms with van der Waals surface area (Å²) in [6.45, 7) is 0.352. The van der Waals surface area contributed by atoms with Gasteiger partial charge in [-0.3, -0.25) is 0 Å². The lowest BCUT2D eigenvalue weighted by Crippen LogP contribution is -2.49. The normalized spacial score (nSPS) is 21.9. The number of aliphatic hydroxyl groups excluding tert-OH is 1. The summed E-state index contributed by atoms with van der Waals surface area (Å²) in [7, 11) is 1.57. The lowest BCUT2D eigenvalue weighted by atomic mass is 10.3. The SMILES string of the molecule is COC1CCN(C(=O)N[C@@H](CO)C(=O)O)C1. The number of carbonyl (C=O) groups excluding carboxylic acids is 1. The molecule has 0 aliphatic carbocycles. The number of carbonyl (C=O) groups is 2. The number of aliphatic carboxylic acids is 1. The molecule has 92 valence electrons. The van der Waals surface area contributed by atoms with Crippen LogP contribution in [0.3, 0.4) is 0 Å². The second-order valence-electron chi connectivity index (χ2n) is 3.62. The highest BCUT2D eigenvalue weighted by Crippen LogP contribution is 2.11. The quantitative estimate of drug-likeness (QED) is 0.569. The standard InChI is InChI=1S/C9H16N2O5/c1-16-6-2-3-11(4-6)9(15)10-7(5-12)8(13)14/h6-7,12H,2-5H2,1H3,(H,10,15)(H,13,14)/t6?,7-/m0/s1. The van der Waals surface area contributed by atoms with Crippen molar-refractivity contribution in [3.63, 3.8) is 0 Å². The molecular weight excluding hydrogens is 216 g/mol. The Morgan fingerprint density at radius 2 is 2.31 bits per heavy atom. The van der Waals surface area contributed by atoms with Crippen molar-refractivity contribution in [3.05, 3.63) is 0 Å². The smallest absolute Gasteiger partial charge is 0.328 e. The minimum absolute atomic E-state index is 0.00292. The number of rotatable bonds is 4. The maximum Gasteiger partial charge on any atom is 0.328 e. The van der Waals surface area contributed by atoms with Crippen LogP contribution in [-0.4, -0.2) is 66.1 Å². The number of hydrogen-bond donors (Lipinski definition) is 3. The zero-order chi connectivity index (χ0) is 12.1. The van der Waals surface area contributed by atoms with Gasteiger partial charge in [0.2, 0.25) is 0 Å². The van der Waals surface area contributed by atoms with Gasteiger partial charge in [0.05, 0.1) is 12.7 Å². The van der Waals surface area contributed by atoms with Crippen LogP contribution in [0.4, 0.5) is 4.79 Å². The first kappa shape index (κ1) is 12.7. The largest absolute Gasteiger partial charge is 0.480 e. The molecule has 3 N–H and O–H groups in total. The van der Waals surface area contributed by atoms with Crippen LogP contribution in [-0.2, 0) is 9.53 Å². The summed E-state index contributed by atoms with van der Waals surface area (Å²) in [6.07, 6.45) is 0.740. The highest BCUT2D eigenvalue weighted by molar-refractivity contribution is 5.82. The average Bonchev–Trinajstić information content (AvgIpc) is 2.73. The fourth-order valence-corrected chi connectivity index (χ4v) is 1.53. The van der Waals surface area contributed by atoms with Crippen molar-refractivity contribution < 1.29 is 24.5 Å². The van der Waals surface area contributed by atoms with Crippen LogP contribution in [0.2, 0.25) is 0 Å². The fourth-order valence-electron chi connectivity index (χ4n) is 1.53. The molecule has 0 bridgehead atoms. The summed E-state index contributed by atoms with van der Waals surface area (Å²) in [4.78, 5) is 23.6. The number of nitrogens with zero attached hydrogens (tertiary/aromatic N) is 1. The molecule has 0 aromatic heterocycles. The first-order valence-electron chi connectivity index (χ1n) is 5.00. The van der Waals surface area contributed by atoms with Gasteiger partial charge >= 0.3 is 12.0 Å². The first-order chi connectivity index (χ1) is 7.58. The van der Waals surface area contributed by atoms with Crippen LogP contribution in [0.25, 0.3) is 0 Å². The molecule has 7 nitrogen and oxygen atoms in total. The number of urea groups is 1. The molecule has 1 aliphatic rings. The Hall–Kier alpha value is -1.34. The van der Waals surface area contributed by atoms with Crippen molar-refractivity contribution in [3.8, 4) is 0 Å². The Balaban J connectivity index is 2.43. The monoisotopic (exact) mass is 232 g/mol. The molecule has 1 saturated heterocycles. The number of aliphatic hydroxyl groups is 1. The number of methoxy groups -OCH3 is 1. The van der Waals surface area contributed by atoms with Crippen LogP contribution < -0.4 is 5.32 Å². The number of carboxylic acids is 1. The maximum atomic E-state index is 11.6. The van der Waals surface area contributed by atoms with Gasteiger partial charge in [-0.05, 0) is 6.42 Å². The van der Waals surface area contributed by atoms with E-state index in [2.05, 4.69) is 5.32 Å². The summed E-state index contributed by atoms with van der Waals surface area (Å²) in [5.74, 6) is -1.25. The second-order valence-corrected chi connectivity index (χ2v) is 3.62. The molecule has 0 radical (unpaired) electrons. The van der Waals surface area contributed by atoms with E-state index in [4.69, 9.17) is 14.9 Å². The lowest BCUT2D eigenvalue weighted by Gasteiger charge is -2.19. The zero-order valence-electron chi connectivity index (χ0n) is 9.05. The van der Waals surface area contributed by atoms with Gasteiger partial charge in [-0.2, -0.15) is 0 Å². The minimum Gasteiger partial charge on any atom is -0.480 e. The van der Waals surface area contributed by atoms with E-state index in [1.54, 1.807) is 7.11 Å². The van der Waals surface area contributed by atoms with Crippen molar-refractivity contribution in [1.29, 1.82) is 0 Å². The molecular formula is C9H16N2O5. The third kappa shape index (κ3) is 3.07. The van der Waals surface area contributed by atoms with E-state index in [-0.39, 0.29) is 6.10 Å². The molecule has 1 fully saturated rings. The summed E-state index contributed by atoms with van der Waals surface area (Å²) < 4.78 is 5.08. The van der Waals surface area contributed by atoms with Crippen LogP contribution in [0.1, 0.15) is 6.42 Å². The Morgan fingerprint density at radius 3 is 2.75 bits per heavy atom. The highest BCUT2D eigenvalue weighted by Gasteiger charge is 2.28. The van der Waals surface area contributed by atoms with Crippen molar-refractivity contribution in [2.45, 2.75) is 18.6 Å². The second kappa shape index (κ2) is 5.66. The number of amides is 2. The summed E-state index contributed by atoms with van der Waals surface area (Å²) in [5, 5.41) is 19.6. The van der Waals surface area contributed by atoms with E-state index >= 15 is 0 Å². The van der Waals surface area contributed by atoms with Gasteiger partial charge in [-0.1, -0.05) is 0 Å². The average molecular weight is 232 g/mol. The van der Waals surface area contributed by atoms with Crippen molar-refractivity contribution >= 4 is 12.0 Å². The summed E-state index contributed by atoms with van der Waals surface area (Å²) >= 11 is 0. The molecule has 2 amide bonds. The first-order valence-corrected chi connectivity index (χ1v) is 5.00. The van der Waals surface area contributed by atoms with E-state index in [1.807, 2.05) is 0 Å². The maximum absolute atomic E-state index is 11.6. The molecule has 16 heavy (non-hydrogen) atoms.